The lowest BCUT2D eigenvalue weighted by molar-refractivity contribution is -0.117. The summed E-state index contributed by atoms with van der Waals surface area (Å²) in [5.41, 5.74) is 1.23. The molecule has 2 aromatic carbocycles. The van der Waals surface area contributed by atoms with Crippen LogP contribution in [0.5, 0.6) is 5.75 Å². The van der Waals surface area contributed by atoms with Crippen molar-refractivity contribution >= 4 is 22.5 Å². The van der Waals surface area contributed by atoms with E-state index in [2.05, 4.69) is 11.1 Å². The number of carbonyl (C=O) groups excluding carboxylic acids is 1. The molecular formula is C21H16FN3O2. The van der Waals surface area contributed by atoms with E-state index in [0.29, 0.717) is 41.0 Å². The first-order valence-corrected chi connectivity index (χ1v) is 8.60. The van der Waals surface area contributed by atoms with E-state index in [4.69, 9.17) is 4.74 Å². The predicted octanol–water partition coefficient (Wildman–Crippen LogP) is 4.05. The van der Waals surface area contributed by atoms with Gasteiger partial charge in [0.2, 0.25) is 5.91 Å². The Hall–Kier alpha value is -3.46. The van der Waals surface area contributed by atoms with Gasteiger partial charge in [-0.25, -0.2) is 9.37 Å². The van der Waals surface area contributed by atoms with Gasteiger partial charge in [0, 0.05) is 23.9 Å². The summed E-state index contributed by atoms with van der Waals surface area (Å²) in [4.78, 5) is 18.4. The zero-order chi connectivity index (χ0) is 19.0. The number of ether oxygens (including phenoxy) is 1. The molecule has 0 bridgehead atoms. The third-order valence-electron chi connectivity index (χ3n) is 4.74. The molecule has 0 spiro atoms. The first-order valence-electron chi connectivity index (χ1n) is 8.60. The lowest BCUT2D eigenvalue weighted by atomic mass is 9.96. The largest absolute Gasteiger partial charge is 0.497 e. The maximum Gasteiger partial charge on any atom is 0.228 e. The molecule has 1 aliphatic heterocycles. The number of fused-ring (bicyclic) bond motifs is 1. The Morgan fingerprint density at radius 2 is 2.07 bits per heavy atom. The quantitative estimate of drug-likeness (QED) is 0.706. The molecule has 0 radical (unpaired) electrons. The molecule has 4 rings (SSSR count). The summed E-state index contributed by atoms with van der Waals surface area (Å²) < 4.78 is 19.2. The predicted molar refractivity (Wildman–Crippen MR) is 100.0 cm³/mol. The number of anilines is 1. The van der Waals surface area contributed by atoms with Crippen LogP contribution in [0.4, 0.5) is 10.2 Å². The smallest absolute Gasteiger partial charge is 0.228 e. The number of pyridine rings is 1. The zero-order valence-corrected chi connectivity index (χ0v) is 14.7. The molecule has 1 aliphatic rings. The van der Waals surface area contributed by atoms with Crippen molar-refractivity contribution in [3.8, 4) is 22.9 Å². The fourth-order valence-corrected chi connectivity index (χ4v) is 3.50. The van der Waals surface area contributed by atoms with Crippen LogP contribution in [0.2, 0.25) is 0 Å². The number of nitriles is 1. The summed E-state index contributed by atoms with van der Waals surface area (Å²) in [6.07, 6.45) is 1.22. The van der Waals surface area contributed by atoms with E-state index < -0.39 is 5.82 Å². The average molecular weight is 361 g/mol. The van der Waals surface area contributed by atoms with Gasteiger partial charge in [0.15, 0.2) is 5.69 Å². The van der Waals surface area contributed by atoms with E-state index in [0.717, 1.165) is 11.8 Å². The van der Waals surface area contributed by atoms with E-state index in [1.54, 1.807) is 36.3 Å². The van der Waals surface area contributed by atoms with Gasteiger partial charge in [0.05, 0.1) is 7.11 Å². The minimum Gasteiger partial charge on any atom is -0.497 e. The van der Waals surface area contributed by atoms with Gasteiger partial charge in [-0.1, -0.05) is 12.1 Å². The number of nitrogens with zero attached hydrogens (tertiary/aromatic N) is 3. The third kappa shape index (κ3) is 2.87. The van der Waals surface area contributed by atoms with Crippen LogP contribution in [0.3, 0.4) is 0 Å². The molecule has 27 heavy (non-hydrogen) atoms. The molecule has 1 aromatic heterocycles. The first kappa shape index (κ1) is 17.0. The van der Waals surface area contributed by atoms with E-state index >= 15 is 0 Å². The third-order valence-corrected chi connectivity index (χ3v) is 4.74. The van der Waals surface area contributed by atoms with Crippen molar-refractivity contribution < 1.29 is 13.9 Å². The van der Waals surface area contributed by atoms with Gasteiger partial charge in [0.1, 0.15) is 23.5 Å². The van der Waals surface area contributed by atoms with Gasteiger partial charge in [-0.15, -0.1) is 0 Å². The monoisotopic (exact) mass is 361 g/mol. The maximum atomic E-state index is 13.8. The Kier molecular flexibility index (Phi) is 4.21. The molecule has 0 N–H and O–H groups in total. The SMILES string of the molecule is COc1ccc2c(N3CCCC3=O)nc(C#N)c(-c3cccc(F)c3)c2c1. The second-order valence-corrected chi connectivity index (χ2v) is 6.34. The van der Waals surface area contributed by atoms with E-state index in [9.17, 15) is 14.4 Å². The minimum atomic E-state index is -0.397. The van der Waals surface area contributed by atoms with E-state index in [1.807, 2.05) is 6.07 Å². The van der Waals surface area contributed by atoms with Crippen molar-refractivity contribution in [2.24, 2.45) is 0 Å². The molecule has 0 unspecified atom stereocenters. The summed E-state index contributed by atoms with van der Waals surface area (Å²) in [7, 11) is 1.56. The highest BCUT2D eigenvalue weighted by atomic mass is 19.1. The van der Waals surface area contributed by atoms with Crippen molar-refractivity contribution in [2.45, 2.75) is 12.8 Å². The normalized spacial score (nSPS) is 13.8. The number of carbonyl (C=O) groups is 1. The van der Waals surface area contributed by atoms with Crippen molar-refractivity contribution in [3.05, 3.63) is 54.0 Å². The second-order valence-electron chi connectivity index (χ2n) is 6.34. The van der Waals surface area contributed by atoms with Crippen LogP contribution in [0, 0.1) is 17.1 Å². The van der Waals surface area contributed by atoms with Gasteiger partial charge < -0.3 is 4.74 Å². The molecule has 134 valence electrons. The Morgan fingerprint density at radius 3 is 2.74 bits per heavy atom. The molecular weight excluding hydrogens is 345 g/mol. The highest BCUT2D eigenvalue weighted by Gasteiger charge is 2.27. The number of amides is 1. The highest BCUT2D eigenvalue weighted by Crippen LogP contribution is 2.38. The number of benzene rings is 2. The number of aromatic nitrogens is 1. The molecule has 6 heteroatoms. The first-order chi connectivity index (χ1) is 13.1. The summed E-state index contributed by atoms with van der Waals surface area (Å²) in [6, 6.07) is 13.6. The molecule has 1 amide bonds. The van der Waals surface area contributed by atoms with E-state index in [1.165, 1.54) is 12.1 Å². The van der Waals surface area contributed by atoms with Crippen LogP contribution < -0.4 is 9.64 Å². The average Bonchev–Trinajstić information content (AvgIpc) is 3.11. The maximum absolute atomic E-state index is 13.8. The molecule has 1 saturated heterocycles. The van der Waals surface area contributed by atoms with Gasteiger partial charge in [-0.2, -0.15) is 5.26 Å². The van der Waals surface area contributed by atoms with Crippen LogP contribution in [-0.2, 0) is 4.79 Å². The van der Waals surface area contributed by atoms with Crippen LogP contribution in [0.1, 0.15) is 18.5 Å². The standard InChI is InChI=1S/C21H16FN3O2/c1-27-15-7-8-16-17(11-15)20(13-4-2-5-14(22)10-13)18(12-23)24-21(16)25-9-3-6-19(25)26/h2,4-5,7-8,10-11H,3,6,9H2,1H3. The Balaban J connectivity index is 2.08. The van der Waals surface area contributed by atoms with Crippen LogP contribution in [-0.4, -0.2) is 24.5 Å². The summed E-state index contributed by atoms with van der Waals surface area (Å²) in [5.74, 6) is 0.661. The second kappa shape index (κ2) is 6.69. The number of halogens is 1. The zero-order valence-electron chi connectivity index (χ0n) is 14.7. The van der Waals surface area contributed by atoms with Crippen molar-refractivity contribution in [2.75, 3.05) is 18.6 Å². The van der Waals surface area contributed by atoms with Crippen molar-refractivity contribution in [3.63, 3.8) is 0 Å². The fraction of sp³-hybridized carbons (Fsp3) is 0.190. The highest BCUT2D eigenvalue weighted by molar-refractivity contribution is 6.09. The summed E-state index contributed by atoms with van der Waals surface area (Å²) >= 11 is 0. The Bertz CT molecular complexity index is 1100. The molecule has 0 aliphatic carbocycles. The Labute approximate surface area is 155 Å². The van der Waals surface area contributed by atoms with Crippen LogP contribution in [0.25, 0.3) is 21.9 Å². The molecule has 5 nitrogen and oxygen atoms in total. The topological polar surface area (TPSA) is 66.2 Å². The number of hydrogen-bond acceptors (Lipinski definition) is 4. The summed E-state index contributed by atoms with van der Waals surface area (Å²) in [6.45, 7) is 0.567. The van der Waals surface area contributed by atoms with Gasteiger partial charge in [0.25, 0.3) is 0 Å². The molecule has 2 heterocycles. The van der Waals surface area contributed by atoms with Crippen molar-refractivity contribution in [1.29, 1.82) is 5.26 Å². The Morgan fingerprint density at radius 1 is 1.22 bits per heavy atom. The molecule has 1 fully saturated rings. The number of hydrogen-bond donors (Lipinski definition) is 0. The van der Waals surface area contributed by atoms with E-state index in [-0.39, 0.29) is 11.6 Å². The minimum absolute atomic E-state index is 0.0120. The van der Waals surface area contributed by atoms with Crippen molar-refractivity contribution in [1.82, 2.24) is 4.98 Å². The molecule has 0 saturated carbocycles. The number of methoxy groups -OCH3 is 1. The summed E-state index contributed by atoms with van der Waals surface area (Å²) in [5, 5.41) is 11.1. The van der Waals surface area contributed by atoms with Crippen LogP contribution in [0.15, 0.2) is 42.5 Å². The van der Waals surface area contributed by atoms with Gasteiger partial charge >= 0.3 is 0 Å². The molecule has 0 atom stereocenters. The molecule has 3 aromatic rings. The van der Waals surface area contributed by atoms with Gasteiger partial charge in [-0.3, -0.25) is 9.69 Å². The van der Waals surface area contributed by atoms with Gasteiger partial charge in [-0.05, 0) is 47.7 Å². The van der Waals surface area contributed by atoms with Crippen LogP contribution >= 0.6 is 0 Å². The number of rotatable bonds is 3. The fourth-order valence-electron chi connectivity index (χ4n) is 3.50. The lowest BCUT2D eigenvalue weighted by Crippen LogP contribution is -2.25. The lowest BCUT2D eigenvalue weighted by Gasteiger charge is -2.20.